The molecule has 0 unspecified atom stereocenters. The van der Waals surface area contributed by atoms with Crippen molar-refractivity contribution in [2.45, 2.75) is 25.1 Å². The number of pyridine rings is 1. The number of amides is 2. The van der Waals surface area contributed by atoms with E-state index in [2.05, 4.69) is 15.1 Å². The van der Waals surface area contributed by atoms with Crippen molar-refractivity contribution in [3.05, 3.63) is 118 Å². The summed E-state index contributed by atoms with van der Waals surface area (Å²) in [6.45, 7) is 4.02. The highest BCUT2D eigenvalue weighted by molar-refractivity contribution is 6.07. The summed E-state index contributed by atoms with van der Waals surface area (Å²) in [5.74, 6) is 0.127. The van der Waals surface area contributed by atoms with E-state index in [0.29, 0.717) is 62.8 Å². The standard InChI is InChI=1S/C37H36F3N5O4/c1-49-30-11-9-29(10-12-30)42-14-16-43(17-15-42)36(48)26-8-13-33(31(20-26)41-35(47)25-4-2-5-28(19-25)37(38,39)40)44-21-24-18-27(23-44)32-6-3-7-34(46)45(32)22-24/h2-13,19-20,24,27H,14-18,21-23H2,1H3,(H,41,47)/t24-,27+/m1/s1. The molecule has 12 heteroatoms. The highest BCUT2D eigenvalue weighted by atomic mass is 19.4. The lowest BCUT2D eigenvalue weighted by atomic mass is 9.83. The fourth-order valence-electron chi connectivity index (χ4n) is 7.31. The molecule has 1 aromatic heterocycles. The number of hydrogen-bond acceptors (Lipinski definition) is 6. The Kier molecular flexibility index (Phi) is 8.56. The van der Waals surface area contributed by atoms with E-state index in [1.807, 2.05) is 41.0 Å². The third-order valence-electron chi connectivity index (χ3n) is 9.77. The molecule has 9 nitrogen and oxygen atoms in total. The molecule has 0 aliphatic carbocycles. The number of piperazine rings is 1. The maximum atomic E-state index is 13.8. The van der Waals surface area contributed by atoms with E-state index >= 15 is 0 Å². The second-order valence-electron chi connectivity index (χ2n) is 12.8. The van der Waals surface area contributed by atoms with Crippen LogP contribution >= 0.6 is 0 Å². The molecule has 49 heavy (non-hydrogen) atoms. The van der Waals surface area contributed by atoms with Gasteiger partial charge in [-0.2, -0.15) is 13.2 Å². The molecule has 0 spiro atoms. The number of nitrogens with zero attached hydrogens (tertiary/aromatic N) is 4. The van der Waals surface area contributed by atoms with Gasteiger partial charge in [0.05, 0.1) is 24.0 Å². The van der Waals surface area contributed by atoms with Crippen molar-refractivity contribution < 1.29 is 27.5 Å². The molecule has 3 aromatic carbocycles. The van der Waals surface area contributed by atoms with Crippen LogP contribution in [0.5, 0.6) is 5.75 Å². The maximum Gasteiger partial charge on any atom is 0.416 e. The minimum atomic E-state index is -4.60. The Labute approximate surface area is 281 Å². The summed E-state index contributed by atoms with van der Waals surface area (Å²) >= 11 is 0. The van der Waals surface area contributed by atoms with Crippen LogP contribution in [-0.2, 0) is 12.7 Å². The first kappa shape index (κ1) is 32.3. The van der Waals surface area contributed by atoms with Gasteiger partial charge in [0.15, 0.2) is 0 Å². The lowest BCUT2D eigenvalue weighted by Gasteiger charge is -2.44. The van der Waals surface area contributed by atoms with Crippen LogP contribution in [0.2, 0.25) is 0 Å². The Hall–Kier alpha value is -5.26. The van der Waals surface area contributed by atoms with Crippen LogP contribution in [0.25, 0.3) is 0 Å². The number of halogens is 3. The zero-order valence-corrected chi connectivity index (χ0v) is 27.0. The Morgan fingerprint density at radius 3 is 2.31 bits per heavy atom. The monoisotopic (exact) mass is 671 g/mol. The highest BCUT2D eigenvalue weighted by Gasteiger charge is 2.36. The van der Waals surface area contributed by atoms with E-state index in [0.717, 1.165) is 35.7 Å². The summed E-state index contributed by atoms with van der Waals surface area (Å²) in [7, 11) is 1.62. The molecule has 2 fully saturated rings. The minimum absolute atomic E-state index is 0.0256. The molecule has 3 aliphatic heterocycles. The molecule has 0 saturated carbocycles. The average molecular weight is 672 g/mol. The van der Waals surface area contributed by atoms with Gasteiger partial charge in [-0.3, -0.25) is 14.4 Å². The van der Waals surface area contributed by atoms with Gasteiger partial charge in [-0.1, -0.05) is 12.1 Å². The number of aromatic nitrogens is 1. The fourth-order valence-corrected chi connectivity index (χ4v) is 7.31. The number of rotatable bonds is 6. The van der Waals surface area contributed by atoms with Crippen molar-refractivity contribution in [3.63, 3.8) is 0 Å². The third-order valence-corrected chi connectivity index (χ3v) is 9.77. The zero-order chi connectivity index (χ0) is 34.3. The number of fused-ring (bicyclic) bond motifs is 4. The lowest BCUT2D eigenvalue weighted by molar-refractivity contribution is -0.137. The van der Waals surface area contributed by atoms with E-state index in [1.165, 1.54) is 12.1 Å². The molecular formula is C37H36F3N5O4. The minimum Gasteiger partial charge on any atom is -0.497 e. The van der Waals surface area contributed by atoms with Gasteiger partial charge in [0.2, 0.25) is 0 Å². The number of alkyl halides is 3. The quantitative estimate of drug-likeness (QED) is 0.283. The molecule has 1 N–H and O–H groups in total. The van der Waals surface area contributed by atoms with Crippen molar-refractivity contribution in [1.29, 1.82) is 0 Å². The topological polar surface area (TPSA) is 87.1 Å². The molecule has 2 bridgehead atoms. The first-order valence-electron chi connectivity index (χ1n) is 16.3. The summed E-state index contributed by atoms with van der Waals surface area (Å²) in [4.78, 5) is 46.0. The molecule has 0 radical (unpaired) electrons. The number of piperidine rings is 1. The van der Waals surface area contributed by atoms with Crippen LogP contribution in [0.3, 0.4) is 0 Å². The largest absolute Gasteiger partial charge is 0.497 e. The fraction of sp³-hybridized carbons (Fsp3) is 0.324. The second kappa shape index (κ2) is 13.0. The summed E-state index contributed by atoms with van der Waals surface area (Å²) in [6, 6.07) is 22.5. The van der Waals surface area contributed by atoms with Gasteiger partial charge in [-0.15, -0.1) is 0 Å². The van der Waals surface area contributed by atoms with Crippen LogP contribution in [0.15, 0.2) is 89.7 Å². The number of benzene rings is 3. The number of anilines is 3. The lowest BCUT2D eigenvalue weighted by Crippen LogP contribution is -2.49. The van der Waals surface area contributed by atoms with Crippen molar-refractivity contribution in [2.75, 3.05) is 61.5 Å². The number of methoxy groups -OCH3 is 1. The van der Waals surface area contributed by atoms with Gasteiger partial charge >= 0.3 is 6.18 Å². The van der Waals surface area contributed by atoms with E-state index in [1.54, 1.807) is 36.3 Å². The first-order chi connectivity index (χ1) is 23.6. The van der Waals surface area contributed by atoms with Crippen molar-refractivity contribution in [2.24, 2.45) is 5.92 Å². The molecule has 254 valence electrons. The van der Waals surface area contributed by atoms with Crippen LogP contribution in [0.1, 0.15) is 44.3 Å². The van der Waals surface area contributed by atoms with E-state index in [4.69, 9.17) is 4.74 Å². The van der Waals surface area contributed by atoms with Crippen LogP contribution in [-0.4, -0.2) is 67.7 Å². The number of nitrogens with one attached hydrogen (secondary N) is 1. The number of carbonyl (C=O) groups excluding carboxylic acids is 2. The number of ether oxygens (including phenoxy) is 1. The van der Waals surface area contributed by atoms with Gasteiger partial charge in [0, 0.05) is 80.3 Å². The van der Waals surface area contributed by atoms with Crippen LogP contribution in [0, 0.1) is 5.92 Å². The highest BCUT2D eigenvalue weighted by Crippen LogP contribution is 2.40. The van der Waals surface area contributed by atoms with Gasteiger partial charge < -0.3 is 29.3 Å². The Morgan fingerprint density at radius 2 is 1.57 bits per heavy atom. The Balaban J connectivity index is 1.15. The molecule has 4 aromatic rings. The summed E-state index contributed by atoms with van der Waals surface area (Å²) in [5, 5.41) is 2.84. The first-order valence-corrected chi connectivity index (χ1v) is 16.3. The van der Waals surface area contributed by atoms with Gasteiger partial charge in [-0.25, -0.2) is 0 Å². The van der Waals surface area contributed by atoms with Crippen molar-refractivity contribution in [1.82, 2.24) is 9.47 Å². The van der Waals surface area contributed by atoms with Gasteiger partial charge in [-0.05, 0) is 79.1 Å². The van der Waals surface area contributed by atoms with Crippen LogP contribution in [0.4, 0.5) is 30.2 Å². The summed E-state index contributed by atoms with van der Waals surface area (Å²) in [6.07, 6.45) is -3.68. The molecule has 2 atom stereocenters. The molecule has 2 saturated heterocycles. The van der Waals surface area contributed by atoms with E-state index < -0.39 is 17.6 Å². The maximum absolute atomic E-state index is 13.8. The van der Waals surface area contributed by atoms with Crippen LogP contribution < -0.4 is 25.4 Å². The normalized spacial score (nSPS) is 18.9. The molecule has 4 heterocycles. The van der Waals surface area contributed by atoms with E-state index in [-0.39, 0.29) is 28.9 Å². The Morgan fingerprint density at radius 1 is 0.816 bits per heavy atom. The predicted octanol–water partition coefficient (Wildman–Crippen LogP) is 5.71. The molecule has 2 amide bonds. The van der Waals surface area contributed by atoms with Crippen molar-refractivity contribution >= 4 is 28.9 Å². The smallest absolute Gasteiger partial charge is 0.416 e. The van der Waals surface area contributed by atoms with Gasteiger partial charge in [0.1, 0.15) is 5.75 Å². The predicted molar refractivity (Wildman–Crippen MR) is 181 cm³/mol. The zero-order valence-electron chi connectivity index (χ0n) is 27.0. The Bertz CT molecular complexity index is 1940. The summed E-state index contributed by atoms with van der Waals surface area (Å²) < 4.78 is 47.5. The average Bonchev–Trinajstić information content (AvgIpc) is 3.11. The molecule has 3 aliphatic rings. The van der Waals surface area contributed by atoms with Gasteiger partial charge in [0.25, 0.3) is 17.4 Å². The second-order valence-corrected chi connectivity index (χ2v) is 12.8. The SMILES string of the molecule is COc1ccc(N2CCN(C(=O)c3ccc(N4C[C@H]5C[C@@H](C4)c4cccc(=O)n4C5)c(NC(=O)c4cccc(C(F)(F)F)c4)c3)CC2)cc1. The third kappa shape index (κ3) is 6.59. The number of hydrogen-bond donors (Lipinski definition) is 1. The number of carbonyl (C=O) groups is 2. The van der Waals surface area contributed by atoms with E-state index in [9.17, 15) is 27.6 Å². The molecular weight excluding hydrogens is 635 g/mol. The van der Waals surface area contributed by atoms with Crippen molar-refractivity contribution in [3.8, 4) is 5.75 Å². The molecule has 7 rings (SSSR count). The summed E-state index contributed by atoms with van der Waals surface area (Å²) in [5.41, 5.74) is 2.29.